The lowest BCUT2D eigenvalue weighted by Crippen LogP contribution is -2.44. The van der Waals surface area contributed by atoms with Crippen molar-refractivity contribution in [3.05, 3.63) is 29.8 Å². The maximum atomic E-state index is 13.0. The Bertz CT molecular complexity index is 667. The van der Waals surface area contributed by atoms with E-state index < -0.39 is 10.2 Å². The number of nitrogens with zero attached hydrogens (tertiary/aromatic N) is 3. The Morgan fingerprint density at radius 1 is 1.29 bits per heavy atom. The van der Waals surface area contributed by atoms with Crippen molar-refractivity contribution >= 4 is 10.2 Å². The molecule has 0 radical (unpaired) electrons. The van der Waals surface area contributed by atoms with Crippen LogP contribution >= 0.6 is 0 Å². The van der Waals surface area contributed by atoms with Gasteiger partial charge < -0.3 is 4.74 Å². The van der Waals surface area contributed by atoms with E-state index in [1.54, 1.807) is 18.5 Å². The van der Waals surface area contributed by atoms with Crippen molar-refractivity contribution in [1.29, 1.82) is 5.26 Å². The summed E-state index contributed by atoms with van der Waals surface area (Å²) < 4.78 is 34.0. The number of rotatable bonds is 6. The molecule has 1 aromatic carbocycles. The van der Waals surface area contributed by atoms with Crippen LogP contribution in [0.2, 0.25) is 0 Å². The number of hydrogen-bond acceptors (Lipinski definition) is 4. The van der Waals surface area contributed by atoms with Gasteiger partial charge in [0.25, 0.3) is 10.2 Å². The van der Waals surface area contributed by atoms with Crippen LogP contribution in [0.25, 0.3) is 0 Å². The first-order valence-corrected chi connectivity index (χ1v) is 9.64. The van der Waals surface area contributed by atoms with Gasteiger partial charge in [0.05, 0.1) is 19.2 Å². The van der Waals surface area contributed by atoms with Gasteiger partial charge in [-0.3, -0.25) is 0 Å². The zero-order valence-electron chi connectivity index (χ0n) is 14.3. The summed E-state index contributed by atoms with van der Waals surface area (Å²) in [5, 5.41) is 8.72. The van der Waals surface area contributed by atoms with E-state index in [9.17, 15) is 8.42 Å². The van der Waals surface area contributed by atoms with Gasteiger partial charge in [-0.25, -0.2) is 0 Å². The molecule has 2 rings (SSSR count). The fraction of sp³-hybridized carbons (Fsp3) is 0.588. The number of nitriles is 1. The first-order chi connectivity index (χ1) is 11.5. The molecule has 0 amide bonds. The van der Waals surface area contributed by atoms with Crippen molar-refractivity contribution in [2.75, 3.05) is 27.2 Å². The number of benzene rings is 1. The van der Waals surface area contributed by atoms with E-state index in [1.165, 1.54) is 4.31 Å². The van der Waals surface area contributed by atoms with Crippen LogP contribution in [0.5, 0.6) is 5.75 Å². The number of ether oxygens (including phenoxy) is 1. The Morgan fingerprint density at radius 2 is 2.00 bits per heavy atom. The molecule has 0 N–H and O–H groups in total. The second-order valence-corrected chi connectivity index (χ2v) is 7.97. The second-order valence-electron chi connectivity index (χ2n) is 5.99. The second kappa shape index (κ2) is 8.47. The summed E-state index contributed by atoms with van der Waals surface area (Å²) in [7, 11) is -0.429. The van der Waals surface area contributed by atoms with Crippen LogP contribution in [0.4, 0.5) is 0 Å². The van der Waals surface area contributed by atoms with Crippen LogP contribution in [0.1, 0.15) is 43.7 Å². The van der Waals surface area contributed by atoms with Crippen LogP contribution in [-0.4, -0.2) is 44.3 Å². The summed E-state index contributed by atoms with van der Waals surface area (Å²) >= 11 is 0. The average Bonchev–Trinajstić information content (AvgIpc) is 2.86. The molecule has 0 saturated carbocycles. The molecule has 0 aliphatic carbocycles. The third-order valence-electron chi connectivity index (χ3n) is 4.43. The molecule has 0 spiro atoms. The topological polar surface area (TPSA) is 73.6 Å². The van der Waals surface area contributed by atoms with Crippen LogP contribution in [0, 0.1) is 11.3 Å². The Hall–Kier alpha value is -1.62. The normalized spacial score (nSPS) is 19.7. The van der Waals surface area contributed by atoms with Crippen molar-refractivity contribution < 1.29 is 13.2 Å². The molecule has 0 aromatic heterocycles. The van der Waals surface area contributed by atoms with Gasteiger partial charge in [0, 0.05) is 26.6 Å². The van der Waals surface area contributed by atoms with E-state index in [0.29, 0.717) is 6.54 Å². The predicted octanol–water partition coefficient (Wildman–Crippen LogP) is 2.70. The Morgan fingerprint density at radius 3 is 2.62 bits per heavy atom. The molecular weight excluding hydrogens is 326 g/mol. The molecule has 1 heterocycles. The van der Waals surface area contributed by atoms with E-state index in [-0.39, 0.29) is 19.0 Å². The van der Waals surface area contributed by atoms with Gasteiger partial charge in [0.2, 0.25) is 0 Å². The van der Waals surface area contributed by atoms with E-state index in [0.717, 1.165) is 37.0 Å². The largest absolute Gasteiger partial charge is 0.497 e. The van der Waals surface area contributed by atoms with Crippen LogP contribution < -0.4 is 4.74 Å². The van der Waals surface area contributed by atoms with Crippen LogP contribution in [0.15, 0.2) is 24.3 Å². The zero-order valence-corrected chi connectivity index (χ0v) is 15.1. The molecule has 1 aromatic rings. The number of methoxy groups -OCH3 is 1. The Kier molecular flexibility index (Phi) is 6.60. The van der Waals surface area contributed by atoms with Gasteiger partial charge >= 0.3 is 0 Å². The number of hydrogen-bond donors (Lipinski definition) is 0. The summed E-state index contributed by atoms with van der Waals surface area (Å²) in [4.78, 5) is 0. The molecule has 24 heavy (non-hydrogen) atoms. The van der Waals surface area contributed by atoms with Gasteiger partial charge in [-0.15, -0.1) is 0 Å². The summed E-state index contributed by atoms with van der Waals surface area (Å²) in [5.74, 6) is 0.757. The molecule has 7 heteroatoms. The highest BCUT2D eigenvalue weighted by atomic mass is 32.2. The summed E-state index contributed by atoms with van der Waals surface area (Å²) in [6, 6.07) is 9.44. The van der Waals surface area contributed by atoms with E-state index >= 15 is 0 Å². The fourth-order valence-electron chi connectivity index (χ4n) is 3.02. The lowest BCUT2D eigenvalue weighted by molar-refractivity contribution is 0.299. The third kappa shape index (κ3) is 4.26. The average molecular weight is 351 g/mol. The van der Waals surface area contributed by atoms with Crippen molar-refractivity contribution in [2.45, 2.75) is 38.1 Å². The first kappa shape index (κ1) is 18.7. The minimum absolute atomic E-state index is 0.173. The van der Waals surface area contributed by atoms with Crippen molar-refractivity contribution in [2.24, 2.45) is 0 Å². The SMILES string of the molecule is COc1ccc(C2CCCCCN2S(=O)(=O)N(C)CCC#N)cc1. The maximum Gasteiger partial charge on any atom is 0.282 e. The molecule has 1 fully saturated rings. The highest BCUT2D eigenvalue weighted by Crippen LogP contribution is 2.33. The summed E-state index contributed by atoms with van der Waals surface area (Å²) in [6.07, 6.45) is 3.89. The zero-order chi connectivity index (χ0) is 17.6. The standard InChI is InChI=1S/C17H25N3O3S/c1-19(13-6-12-18)24(21,22)20-14-5-3-4-7-17(20)15-8-10-16(23-2)11-9-15/h8-11,17H,3-7,13-14H2,1-2H3. The molecule has 132 valence electrons. The van der Waals surface area contributed by atoms with Gasteiger partial charge in [0.15, 0.2) is 0 Å². The smallest absolute Gasteiger partial charge is 0.282 e. The maximum absolute atomic E-state index is 13.0. The van der Waals surface area contributed by atoms with Gasteiger partial charge in [0.1, 0.15) is 5.75 Å². The van der Waals surface area contributed by atoms with Crippen LogP contribution in [-0.2, 0) is 10.2 Å². The summed E-state index contributed by atoms with van der Waals surface area (Å²) in [5.41, 5.74) is 0.981. The molecule has 1 unspecified atom stereocenters. The molecule has 1 saturated heterocycles. The highest BCUT2D eigenvalue weighted by Gasteiger charge is 2.34. The van der Waals surface area contributed by atoms with Gasteiger partial charge in [-0.05, 0) is 30.5 Å². The third-order valence-corrected chi connectivity index (χ3v) is 6.43. The lowest BCUT2D eigenvalue weighted by atomic mass is 10.0. The van der Waals surface area contributed by atoms with Crippen molar-refractivity contribution in [3.8, 4) is 11.8 Å². The summed E-state index contributed by atoms with van der Waals surface area (Å²) in [6.45, 7) is 0.723. The van der Waals surface area contributed by atoms with Crippen LogP contribution in [0.3, 0.4) is 0 Å². The van der Waals surface area contributed by atoms with Gasteiger partial charge in [-0.1, -0.05) is 25.0 Å². The quantitative estimate of drug-likeness (QED) is 0.790. The predicted molar refractivity (Wildman–Crippen MR) is 92.7 cm³/mol. The minimum Gasteiger partial charge on any atom is -0.497 e. The van der Waals surface area contributed by atoms with E-state index in [1.807, 2.05) is 30.3 Å². The van der Waals surface area contributed by atoms with E-state index in [4.69, 9.17) is 10.00 Å². The molecule has 0 bridgehead atoms. The lowest BCUT2D eigenvalue weighted by Gasteiger charge is -2.32. The molecule has 1 atom stereocenters. The Labute approximate surface area is 144 Å². The molecule has 1 aliphatic heterocycles. The van der Waals surface area contributed by atoms with Crippen molar-refractivity contribution in [3.63, 3.8) is 0 Å². The minimum atomic E-state index is -3.59. The molecule has 1 aliphatic rings. The highest BCUT2D eigenvalue weighted by molar-refractivity contribution is 7.86. The fourth-order valence-corrected chi connectivity index (χ4v) is 4.61. The van der Waals surface area contributed by atoms with Crippen molar-refractivity contribution in [1.82, 2.24) is 8.61 Å². The first-order valence-electron chi connectivity index (χ1n) is 8.24. The van der Waals surface area contributed by atoms with E-state index in [2.05, 4.69) is 0 Å². The molecular formula is C17H25N3O3S. The Balaban J connectivity index is 2.30. The monoisotopic (exact) mass is 351 g/mol. The van der Waals surface area contributed by atoms with Gasteiger partial charge in [-0.2, -0.15) is 22.3 Å². The molecule has 6 nitrogen and oxygen atoms in total.